The van der Waals surface area contributed by atoms with Gasteiger partial charge in [0.05, 0.1) is 12.1 Å². The summed E-state index contributed by atoms with van der Waals surface area (Å²) in [7, 11) is 0. The fourth-order valence-corrected chi connectivity index (χ4v) is 1.88. The first-order chi connectivity index (χ1) is 9.67. The number of hydrogen-bond acceptors (Lipinski definition) is 4. The SMILES string of the molecule is CC(C)(C)OC(=O)NCCOc1cc(Br)cc(C(=O)O)c1. The van der Waals surface area contributed by atoms with Crippen LogP contribution in [0.3, 0.4) is 0 Å². The number of carboxylic acids is 1. The van der Waals surface area contributed by atoms with E-state index in [1.807, 2.05) is 0 Å². The van der Waals surface area contributed by atoms with E-state index >= 15 is 0 Å². The summed E-state index contributed by atoms with van der Waals surface area (Å²) in [5.74, 6) is -0.624. The van der Waals surface area contributed by atoms with Gasteiger partial charge in [-0.3, -0.25) is 0 Å². The van der Waals surface area contributed by atoms with E-state index in [1.165, 1.54) is 12.1 Å². The summed E-state index contributed by atoms with van der Waals surface area (Å²) in [4.78, 5) is 22.3. The minimum absolute atomic E-state index is 0.125. The second-order valence-electron chi connectivity index (χ2n) is 5.26. The standard InChI is InChI=1S/C14H18BrNO5/c1-14(2,3)21-13(19)16-4-5-20-11-7-9(12(17)18)6-10(15)8-11/h6-8H,4-5H2,1-3H3,(H,16,19)(H,17,18). The highest BCUT2D eigenvalue weighted by Crippen LogP contribution is 2.21. The van der Waals surface area contributed by atoms with E-state index in [-0.39, 0.29) is 18.7 Å². The van der Waals surface area contributed by atoms with Gasteiger partial charge >= 0.3 is 12.1 Å². The maximum Gasteiger partial charge on any atom is 0.407 e. The van der Waals surface area contributed by atoms with E-state index < -0.39 is 17.7 Å². The summed E-state index contributed by atoms with van der Waals surface area (Å²) >= 11 is 3.21. The van der Waals surface area contributed by atoms with Crippen LogP contribution in [0.5, 0.6) is 5.75 Å². The molecule has 7 heteroatoms. The number of amides is 1. The molecule has 0 aromatic heterocycles. The van der Waals surface area contributed by atoms with Gasteiger partial charge in [-0.1, -0.05) is 15.9 Å². The highest BCUT2D eigenvalue weighted by Gasteiger charge is 2.15. The Kier molecular flexibility index (Phi) is 6.02. The summed E-state index contributed by atoms with van der Waals surface area (Å²) < 4.78 is 11.1. The van der Waals surface area contributed by atoms with Crippen LogP contribution < -0.4 is 10.1 Å². The summed E-state index contributed by atoms with van der Waals surface area (Å²) in [5, 5.41) is 11.5. The molecule has 0 unspecified atom stereocenters. The quantitative estimate of drug-likeness (QED) is 0.789. The molecule has 0 aliphatic rings. The number of benzene rings is 1. The molecule has 0 bridgehead atoms. The predicted molar refractivity (Wildman–Crippen MR) is 80.8 cm³/mol. The molecule has 0 radical (unpaired) electrons. The molecule has 1 aromatic rings. The molecule has 0 aliphatic heterocycles. The molecule has 21 heavy (non-hydrogen) atoms. The van der Waals surface area contributed by atoms with Crippen LogP contribution in [-0.4, -0.2) is 35.9 Å². The van der Waals surface area contributed by atoms with Gasteiger partial charge in [0.15, 0.2) is 0 Å². The minimum atomic E-state index is -1.03. The molecule has 0 spiro atoms. The van der Waals surface area contributed by atoms with Gasteiger partial charge in [0, 0.05) is 4.47 Å². The molecule has 0 aliphatic carbocycles. The zero-order chi connectivity index (χ0) is 16.0. The third-order valence-corrected chi connectivity index (χ3v) is 2.62. The van der Waals surface area contributed by atoms with Crippen molar-refractivity contribution < 1.29 is 24.2 Å². The number of alkyl carbamates (subject to hydrolysis) is 1. The van der Waals surface area contributed by atoms with Crippen LogP contribution in [0, 0.1) is 0 Å². The Morgan fingerprint density at radius 2 is 1.95 bits per heavy atom. The lowest BCUT2D eigenvalue weighted by Gasteiger charge is -2.19. The Morgan fingerprint density at radius 1 is 1.29 bits per heavy atom. The molecule has 0 saturated heterocycles. The number of carbonyl (C=O) groups excluding carboxylic acids is 1. The first-order valence-electron chi connectivity index (χ1n) is 6.31. The average Bonchev–Trinajstić information content (AvgIpc) is 2.31. The molecule has 6 nitrogen and oxygen atoms in total. The fourth-order valence-electron chi connectivity index (χ4n) is 1.41. The van der Waals surface area contributed by atoms with Crippen molar-refractivity contribution in [3.8, 4) is 5.75 Å². The molecule has 0 saturated carbocycles. The fraction of sp³-hybridized carbons (Fsp3) is 0.429. The van der Waals surface area contributed by atoms with Gasteiger partial charge in [0.1, 0.15) is 18.0 Å². The first-order valence-corrected chi connectivity index (χ1v) is 7.10. The van der Waals surface area contributed by atoms with Crippen LogP contribution in [0.2, 0.25) is 0 Å². The normalized spacial score (nSPS) is 10.9. The smallest absolute Gasteiger partial charge is 0.407 e. The van der Waals surface area contributed by atoms with Crippen LogP contribution in [0.1, 0.15) is 31.1 Å². The van der Waals surface area contributed by atoms with Crippen molar-refractivity contribution in [2.24, 2.45) is 0 Å². The predicted octanol–water partition coefficient (Wildman–Crippen LogP) is 3.05. The van der Waals surface area contributed by atoms with Gasteiger partial charge < -0.3 is 19.9 Å². The molecule has 1 amide bonds. The maximum atomic E-state index is 11.4. The molecule has 0 atom stereocenters. The number of halogens is 1. The summed E-state index contributed by atoms with van der Waals surface area (Å²) in [6.07, 6.45) is -0.522. The maximum absolute atomic E-state index is 11.4. The zero-order valence-electron chi connectivity index (χ0n) is 12.1. The van der Waals surface area contributed by atoms with Gasteiger partial charge in [-0.05, 0) is 39.0 Å². The topological polar surface area (TPSA) is 84.9 Å². The third-order valence-electron chi connectivity index (χ3n) is 2.16. The van der Waals surface area contributed by atoms with E-state index in [0.717, 1.165) is 0 Å². The number of carbonyl (C=O) groups is 2. The molecule has 0 heterocycles. The van der Waals surface area contributed by atoms with Crippen molar-refractivity contribution in [2.45, 2.75) is 26.4 Å². The van der Waals surface area contributed by atoms with Crippen LogP contribution in [0.4, 0.5) is 4.79 Å². The van der Waals surface area contributed by atoms with E-state index in [9.17, 15) is 9.59 Å². The lowest BCUT2D eigenvalue weighted by molar-refractivity contribution is 0.0520. The number of aromatic carboxylic acids is 1. The van der Waals surface area contributed by atoms with Gasteiger partial charge in [0.2, 0.25) is 0 Å². The Hall–Kier alpha value is -1.76. The second kappa shape index (κ2) is 7.31. The molecule has 0 fully saturated rings. The number of carboxylic acid groups (broad SMARTS) is 1. The van der Waals surface area contributed by atoms with Gasteiger partial charge in [-0.2, -0.15) is 0 Å². The van der Waals surface area contributed by atoms with Crippen molar-refractivity contribution in [1.29, 1.82) is 0 Å². The highest BCUT2D eigenvalue weighted by molar-refractivity contribution is 9.10. The summed E-state index contributed by atoms with van der Waals surface area (Å²) in [6.45, 7) is 5.78. The minimum Gasteiger partial charge on any atom is -0.492 e. The Bertz CT molecular complexity index is 525. The molecule has 2 N–H and O–H groups in total. The van der Waals surface area contributed by atoms with Crippen molar-refractivity contribution >= 4 is 28.0 Å². The Morgan fingerprint density at radius 3 is 2.52 bits per heavy atom. The van der Waals surface area contributed by atoms with Gasteiger partial charge in [0.25, 0.3) is 0 Å². The second-order valence-corrected chi connectivity index (χ2v) is 6.17. The monoisotopic (exact) mass is 359 g/mol. The average molecular weight is 360 g/mol. The van der Waals surface area contributed by atoms with E-state index in [4.69, 9.17) is 14.6 Å². The van der Waals surface area contributed by atoms with E-state index in [2.05, 4.69) is 21.2 Å². The van der Waals surface area contributed by atoms with Crippen molar-refractivity contribution in [1.82, 2.24) is 5.32 Å². The summed E-state index contributed by atoms with van der Waals surface area (Å²) in [6, 6.07) is 4.55. The van der Waals surface area contributed by atoms with Gasteiger partial charge in [-0.25, -0.2) is 9.59 Å². The van der Waals surface area contributed by atoms with Crippen molar-refractivity contribution in [2.75, 3.05) is 13.2 Å². The Labute approximate surface area is 131 Å². The zero-order valence-corrected chi connectivity index (χ0v) is 13.7. The van der Waals surface area contributed by atoms with Crippen molar-refractivity contribution in [3.05, 3.63) is 28.2 Å². The number of rotatable bonds is 5. The summed E-state index contributed by atoms with van der Waals surface area (Å²) in [5.41, 5.74) is -0.425. The number of ether oxygens (including phenoxy) is 2. The van der Waals surface area contributed by atoms with Crippen LogP contribution >= 0.6 is 15.9 Å². The molecule has 1 aromatic carbocycles. The lowest BCUT2D eigenvalue weighted by Crippen LogP contribution is -2.34. The number of hydrogen-bond donors (Lipinski definition) is 2. The van der Waals surface area contributed by atoms with Crippen molar-refractivity contribution in [3.63, 3.8) is 0 Å². The van der Waals surface area contributed by atoms with Crippen LogP contribution in [0.25, 0.3) is 0 Å². The number of nitrogens with one attached hydrogen (secondary N) is 1. The third kappa shape index (κ3) is 6.99. The highest BCUT2D eigenvalue weighted by atomic mass is 79.9. The van der Waals surface area contributed by atoms with E-state index in [1.54, 1.807) is 26.8 Å². The lowest BCUT2D eigenvalue weighted by atomic mass is 10.2. The van der Waals surface area contributed by atoms with Crippen LogP contribution in [0.15, 0.2) is 22.7 Å². The largest absolute Gasteiger partial charge is 0.492 e. The van der Waals surface area contributed by atoms with Gasteiger partial charge in [-0.15, -0.1) is 0 Å². The van der Waals surface area contributed by atoms with Crippen LogP contribution in [-0.2, 0) is 4.74 Å². The molecular formula is C14H18BrNO5. The first kappa shape index (κ1) is 17.3. The molecule has 1 rings (SSSR count). The molecular weight excluding hydrogens is 342 g/mol. The van der Waals surface area contributed by atoms with E-state index in [0.29, 0.717) is 10.2 Å². The Balaban J connectivity index is 2.43. The molecule has 116 valence electrons.